The van der Waals surface area contributed by atoms with E-state index in [9.17, 15) is 0 Å². The Morgan fingerprint density at radius 2 is 1.89 bits per heavy atom. The number of aromatic nitrogens is 2. The first-order valence-corrected chi connectivity index (χ1v) is 9.70. The maximum Gasteiger partial charge on any atom is 0.225 e. The van der Waals surface area contributed by atoms with E-state index in [2.05, 4.69) is 34.0 Å². The Balaban J connectivity index is 1.42. The van der Waals surface area contributed by atoms with E-state index in [1.807, 2.05) is 36.7 Å². The van der Waals surface area contributed by atoms with Crippen LogP contribution >= 0.6 is 0 Å². The summed E-state index contributed by atoms with van der Waals surface area (Å²) in [6, 6.07) is 7.85. The van der Waals surface area contributed by atoms with Crippen molar-refractivity contribution in [2.75, 3.05) is 31.7 Å². The average molecular weight is 370 g/mol. The lowest BCUT2D eigenvalue weighted by Crippen LogP contribution is -2.35. The molecular weight excluding hydrogens is 340 g/mol. The molecule has 6 heteroatoms. The van der Waals surface area contributed by atoms with Crippen molar-refractivity contribution in [2.24, 2.45) is 5.92 Å². The van der Waals surface area contributed by atoms with E-state index >= 15 is 0 Å². The van der Waals surface area contributed by atoms with Crippen LogP contribution in [0.4, 0.5) is 5.95 Å². The van der Waals surface area contributed by atoms with Crippen LogP contribution in [-0.4, -0.2) is 42.8 Å². The first-order valence-electron chi connectivity index (χ1n) is 9.70. The van der Waals surface area contributed by atoms with E-state index < -0.39 is 0 Å². The summed E-state index contributed by atoms with van der Waals surface area (Å²) in [5.41, 5.74) is 1.08. The van der Waals surface area contributed by atoms with Crippen LogP contribution in [0.1, 0.15) is 32.3 Å². The summed E-state index contributed by atoms with van der Waals surface area (Å²) >= 11 is 0. The van der Waals surface area contributed by atoms with Crippen molar-refractivity contribution in [3.63, 3.8) is 0 Å². The molecule has 0 unspecified atom stereocenters. The van der Waals surface area contributed by atoms with Gasteiger partial charge in [0, 0.05) is 43.6 Å². The van der Waals surface area contributed by atoms with E-state index in [0.29, 0.717) is 6.61 Å². The standard InChI is InChI=1S/C21H30N4O2/c1-16-5-4-10-25(14-16)21-23-12-18(13-24-21)11-22-17(2)15-27-20-8-6-19(26-3)7-9-20/h6-9,12-13,16-17,22H,4-5,10-11,14-15H2,1-3H3/t16-,17-/m1/s1. The van der Waals surface area contributed by atoms with E-state index in [1.165, 1.54) is 12.8 Å². The second kappa shape index (κ2) is 9.55. The van der Waals surface area contributed by atoms with Gasteiger partial charge in [0.1, 0.15) is 18.1 Å². The lowest BCUT2D eigenvalue weighted by atomic mass is 10.0. The summed E-state index contributed by atoms with van der Waals surface area (Å²) in [7, 11) is 1.66. The van der Waals surface area contributed by atoms with Gasteiger partial charge in [-0.05, 0) is 49.9 Å². The van der Waals surface area contributed by atoms with Crippen LogP contribution < -0.4 is 19.7 Å². The van der Waals surface area contributed by atoms with Crippen LogP contribution in [0.15, 0.2) is 36.7 Å². The van der Waals surface area contributed by atoms with Gasteiger partial charge in [0.25, 0.3) is 0 Å². The van der Waals surface area contributed by atoms with Gasteiger partial charge in [0.05, 0.1) is 7.11 Å². The number of hydrogen-bond acceptors (Lipinski definition) is 6. The number of nitrogens with zero attached hydrogens (tertiary/aromatic N) is 3. The van der Waals surface area contributed by atoms with Crippen LogP contribution in [0.5, 0.6) is 11.5 Å². The van der Waals surface area contributed by atoms with Crippen molar-refractivity contribution in [3.05, 3.63) is 42.2 Å². The van der Waals surface area contributed by atoms with Crippen molar-refractivity contribution >= 4 is 5.95 Å². The number of ether oxygens (including phenoxy) is 2. The molecule has 146 valence electrons. The Bertz CT molecular complexity index is 690. The molecule has 1 fully saturated rings. The number of piperidine rings is 1. The molecule has 2 heterocycles. The monoisotopic (exact) mass is 370 g/mol. The van der Waals surface area contributed by atoms with Crippen molar-refractivity contribution < 1.29 is 9.47 Å². The molecule has 0 amide bonds. The highest BCUT2D eigenvalue weighted by atomic mass is 16.5. The normalized spacial score (nSPS) is 18.2. The summed E-state index contributed by atoms with van der Waals surface area (Å²) in [5, 5.41) is 3.45. The molecular formula is C21H30N4O2. The van der Waals surface area contributed by atoms with Gasteiger partial charge in [-0.15, -0.1) is 0 Å². The third-order valence-electron chi connectivity index (χ3n) is 4.85. The van der Waals surface area contributed by atoms with Gasteiger partial charge in [0.2, 0.25) is 5.95 Å². The first kappa shape index (κ1) is 19.4. The zero-order valence-electron chi connectivity index (χ0n) is 16.5. The second-order valence-corrected chi connectivity index (χ2v) is 7.35. The Labute approximate surface area is 161 Å². The van der Waals surface area contributed by atoms with Crippen molar-refractivity contribution in [1.82, 2.24) is 15.3 Å². The molecule has 0 aliphatic carbocycles. The van der Waals surface area contributed by atoms with E-state index in [0.717, 1.165) is 48.6 Å². The average Bonchev–Trinajstić information content (AvgIpc) is 2.71. The van der Waals surface area contributed by atoms with Gasteiger partial charge in [0.15, 0.2) is 0 Å². The topological polar surface area (TPSA) is 59.5 Å². The minimum absolute atomic E-state index is 0.217. The summed E-state index contributed by atoms with van der Waals surface area (Å²) in [4.78, 5) is 11.4. The molecule has 0 spiro atoms. The second-order valence-electron chi connectivity index (χ2n) is 7.35. The number of anilines is 1. The van der Waals surface area contributed by atoms with Crippen LogP contribution in [0.3, 0.4) is 0 Å². The molecule has 3 rings (SSSR count). The van der Waals surface area contributed by atoms with Crippen LogP contribution in [0.25, 0.3) is 0 Å². The minimum atomic E-state index is 0.217. The molecule has 1 aromatic heterocycles. The van der Waals surface area contributed by atoms with Gasteiger partial charge in [-0.25, -0.2) is 9.97 Å². The van der Waals surface area contributed by atoms with Gasteiger partial charge >= 0.3 is 0 Å². The molecule has 1 aliphatic heterocycles. The maximum atomic E-state index is 5.81. The molecule has 2 aromatic rings. The molecule has 1 aliphatic rings. The number of methoxy groups -OCH3 is 1. The quantitative estimate of drug-likeness (QED) is 0.770. The fraction of sp³-hybridized carbons (Fsp3) is 0.524. The zero-order valence-corrected chi connectivity index (χ0v) is 16.5. The van der Waals surface area contributed by atoms with Gasteiger partial charge in [-0.2, -0.15) is 0 Å². The molecule has 27 heavy (non-hydrogen) atoms. The lowest BCUT2D eigenvalue weighted by Gasteiger charge is -2.30. The number of rotatable bonds is 8. The van der Waals surface area contributed by atoms with Crippen molar-refractivity contribution in [1.29, 1.82) is 0 Å². The van der Waals surface area contributed by atoms with Gasteiger partial charge < -0.3 is 19.7 Å². The molecule has 1 aromatic carbocycles. The van der Waals surface area contributed by atoms with Crippen LogP contribution in [0, 0.1) is 5.92 Å². The lowest BCUT2D eigenvalue weighted by molar-refractivity contribution is 0.272. The third-order valence-corrected chi connectivity index (χ3v) is 4.85. The first-order chi connectivity index (χ1) is 13.1. The Kier molecular flexibility index (Phi) is 6.87. The van der Waals surface area contributed by atoms with Crippen LogP contribution in [-0.2, 0) is 6.54 Å². The van der Waals surface area contributed by atoms with Crippen LogP contribution in [0.2, 0.25) is 0 Å². The summed E-state index contributed by atoms with van der Waals surface area (Å²) in [6.07, 6.45) is 6.37. The van der Waals surface area contributed by atoms with E-state index in [-0.39, 0.29) is 6.04 Å². The molecule has 0 bridgehead atoms. The highest BCUT2D eigenvalue weighted by Gasteiger charge is 2.18. The largest absolute Gasteiger partial charge is 0.497 e. The fourth-order valence-corrected chi connectivity index (χ4v) is 3.22. The fourth-order valence-electron chi connectivity index (χ4n) is 3.22. The molecule has 0 radical (unpaired) electrons. The SMILES string of the molecule is COc1ccc(OC[C@@H](C)NCc2cnc(N3CCC[C@@H](C)C3)nc2)cc1. The Hall–Kier alpha value is -2.34. The number of nitrogens with one attached hydrogen (secondary N) is 1. The predicted molar refractivity (Wildman–Crippen MR) is 107 cm³/mol. The van der Waals surface area contributed by atoms with Gasteiger partial charge in [-0.1, -0.05) is 6.92 Å². The minimum Gasteiger partial charge on any atom is -0.497 e. The van der Waals surface area contributed by atoms with Crippen molar-refractivity contribution in [2.45, 2.75) is 39.3 Å². The Morgan fingerprint density at radius 1 is 1.19 bits per heavy atom. The number of benzene rings is 1. The third kappa shape index (κ3) is 5.82. The summed E-state index contributed by atoms with van der Waals surface area (Å²) < 4.78 is 11.0. The molecule has 2 atom stereocenters. The highest BCUT2D eigenvalue weighted by Crippen LogP contribution is 2.19. The number of hydrogen-bond donors (Lipinski definition) is 1. The Morgan fingerprint density at radius 3 is 2.56 bits per heavy atom. The molecule has 1 N–H and O–H groups in total. The summed E-state index contributed by atoms with van der Waals surface area (Å²) in [6.45, 7) is 7.83. The smallest absolute Gasteiger partial charge is 0.225 e. The van der Waals surface area contributed by atoms with E-state index in [1.54, 1.807) is 7.11 Å². The molecule has 0 saturated carbocycles. The maximum absolute atomic E-state index is 5.81. The van der Waals surface area contributed by atoms with Crippen molar-refractivity contribution in [3.8, 4) is 11.5 Å². The zero-order chi connectivity index (χ0) is 19.1. The summed E-state index contributed by atoms with van der Waals surface area (Å²) in [5.74, 6) is 3.24. The highest BCUT2D eigenvalue weighted by molar-refractivity contribution is 5.31. The van der Waals surface area contributed by atoms with Gasteiger partial charge in [-0.3, -0.25) is 0 Å². The molecule has 6 nitrogen and oxygen atoms in total. The predicted octanol–water partition coefficient (Wildman–Crippen LogP) is 3.28. The van der Waals surface area contributed by atoms with E-state index in [4.69, 9.17) is 9.47 Å². The molecule has 1 saturated heterocycles.